The maximum Gasteiger partial charge on any atom is 0.273 e. The molecule has 1 saturated heterocycles. The predicted molar refractivity (Wildman–Crippen MR) is 111 cm³/mol. The van der Waals surface area contributed by atoms with E-state index in [-0.39, 0.29) is 5.91 Å². The average Bonchev–Trinajstić information content (AvgIpc) is 2.70. The van der Waals surface area contributed by atoms with Crippen molar-refractivity contribution in [2.24, 2.45) is 5.41 Å². The van der Waals surface area contributed by atoms with Crippen molar-refractivity contribution >= 4 is 16.7 Å². The first-order chi connectivity index (χ1) is 13.4. The van der Waals surface area contributed by atoms with Crippen molar-refractivity contribution in [3.05, 3.63) is 42.2 Å². The van der Waals surface area contributed by atoms with Gasteiger partial charge in [-0.2, -0.15) is 0 Å². The number of pyridine rings is 1. The smallest absolute Gasteiger partial charge is 0.273 e. The molecule has 0 unspecified atom stereocenters. The lowest BCUT2D eigenvalue weighted by atomic mass is 9.64. The molecule has 1 aliphatic heterocycles. The number of benzene rings is 1. The summed E-state index contributed by atoms with van der Waals surface area (Å²) in [5.74, 6) is 0.0478. The summed E-state index contributed by atoms with van der Waals surface area (Å²) >= 11 is 0. The van der Waals surface area contributed by atoms with Crippen molar-refractivity contribution in [2.75, 3.05) is 33.7 Å². The van der Waals surface area contributed by atoms with Crippen LogP contribution in [0.2, 0.25) is 0 Å². The zero-order chi connectivity index (χ0) is 19.8. The summed E-state index contributed by atoms with van der Waals surface area (Å²) in [5, 5.41) is 12.8. The minimum atomic E-state index is -0.547. The molecular formula is C23H31N3O2. The number of aliphatic hydroxyl groups is 1. The van der Waals surface area contributed by atoms with Gasteiger partial charge in [-0.05, 0) is 69.5 Å². The lowest BCUT2D eigenvalue weighted by Crippen LogP contribution is -2.49. The summed E-state index contributed by atoms with van der Waals surface area (Å²) in [6, 6.07) is 9.91. The van der Waals surface area contributed by atoms with Gasteiger partial charge in [0.15, 0.2) is 0 Å². The van der Waals surface area contributed by atoms with Gasteiger partial charge < -0.3 is 14.9 Å². The molecule has 2 aromatic rings. The van der Waals surface area contributed by atoms with Gasteiger partial charge in [0.2, 0.25) is 0 Å². The summed E-state index contributed by atoms with van der Waals surface area (Å²) in [5.41, 5.74) is 0.314. The third-order valence-electron chi connectivity index (χ3n) is 6.84. The van der Waals surface area contributed by atoms with E-state index in [1.54, 1.807) is 6.20 Å². The monoisotopic (exact) mass is 381 g/mol. The molecule has 5 heteroatoms. The molecule has 28 heavy (non-hydrogen) atoms. The number of carbonyl (C=O) groups is 1. The molecule has 4 rings (SSSR count). The third-order valence-corrected chi connectivity index (χ3v) is 6.84. The SMILES string of the molecule is CN(C)CC1(O)CCC2(CCN(C(=O)c3nccc4ccccc34)CC2)CC1. The van der Waals surface area contributed by atoms with Crippen LogP contribution in [0.15, 0.2) is 36.5 Å². The van der Waals surface area contributed by atoms with Crippen LogP contribution in [0.1, 0.15) is 49.0 Å². The van der Waals surface area contributed by atoms with E-state index in [1.807, 2.05) is 49.3 Å². The van der Waals surface area contributed by atoms with Crippen molar-refractivity contribution in [1.29, 1.82) is 0 Å². The van der Waals surface area contributed by atoms with E-state index in [4.69, 9.17) is 0 Å². The largest absolute Gasteiger partial charge is 0.389 e. The fourth-order valence-corrected chi connectivity index (χ4v) is 5.12. The number of hydrogen-bond donors (Lipinski definition) is 1. The van der Waals surface area contributed by atoms with Crippen LogP contribution in [-0.4, -0.2) is 65.1 Å². The number of hydrogen-bond acceptors (Lipinski definition) is 4. The molecule has 2 aliphatic rings. The Morgan fingerprint density at radius 3 is 2.43 bits per heavy atom. The van der Waals surface area contributed by atoms with Crippen LogP contribution in [0.4, 0.5) is 0 Å². The minimum Gasteiger partial charge on any atom is -0.389 e. The molecule has 1 saturated carbocycles. The highest BCUT2D eigenvalue weighted by Crippen LogP contribution is 2.47. The lowest BCUT2D eigenvalue weighted by molar-refractivity contribution is -0.0616. The number of rotatable bonds is 3. The number of nitrogens with zero attached hydrogens (tertiary/aromatic N) is 3. The van der Waals surface area contributed by atoms with Gasteiger partial charge >= 0.3 is 0 Å². The molecule has 5 nitrogen and oxygen atoms in total. The third kappa shape index (κ3) is 3.78. The summed E-state index contributed by atoms with van der Waals surface area (Å²) in [6.07, 6.45) is 7.64. The Labute approximate surface area is 167 Å². The van der Waals surface area contributed by atoms with Crippen molar-refractivity contribution < 1.29 is 9.90 Å². The van der Waals surface area contributed by atoms with E-state index in [0.29, 0.717) is 11.1 Å². The Morgan fingerprint density at radius 2 is 1.75 bits per heavy atom. The van der Waals surface area contributed by atoms with Gasteiger partial charge in [0, 0.05) is 31.2 Å². The van der Waals surface area contributed by atoms with Crippen molar-refractivity contribution in [1.82, 2.24) is 14.8 Å². The standard InChI is InChI=1S/C23H31N3O2/c1-25(2)17-23(28)10-8-22(9-11-23)12-15-26(16-13-22)21(27)20-19-6-4-3-5-18(19)7-14-24-20/h3-7,14,28H,8-13,15-17H2,1-2H3. The molecule has 1 amide bonds. The predicted octanol–water partition coefficient (Wildman–Crippen LogP) is 3.32. The van der Waals surface area contributed by atoms with Crippen molar-refractivity contribution in [3.63, 3.8) is 0 Å². The van der Waals surface area contributed by atoms with Crippen LogP contribution < -0.4 is 0 Å². The van der Waals surface area contributed by atoms with E-state index in [1.165, 1.54) is 0 Å². The van der Waals surface area contributed by atoms with Crippen LogP contribution in [0.3, 0.4) is 0 Å². The number of carbonyl (C=O) groups excluding carboxylic acids is 1. The van der Waals surface area contributed by atoms with Gasteiger partial charge in [0.05, 0.1) is 5.60 Å². The number of likely N-dealkylation sites (N-methyl/N-ethyl adjacent to an activating group) is 1. The highest BCUT2D eigenvalue weighted by molar-refractivity contribution is 6.05. The fraction of sp³-hybridized carbons (Fsp3) is 0.565. The second-order valence-electron chi connectivity index (χ2n) is 9.14. The van der Waals surface area contributed by atoms with E-state index in [2.05, 4.69) is 9.88 Å². The van der Waals surface area contributed by atoms with Crippen LogP contribution in [0.25, 0.3) is 10.8 Å². The quantitative estimate of drug-likeness (QED) is 0.886. The number of fused-ring (bicyclic) bond motifs is 1. The van der Waals surface area contributed by atoms with Crippen LogP contribution >= 0.6 is 0 Å². The van der Waals surface area contributed by atoms with Crippen LogP contribution in [0.5, 0.6) is 0 Å². The summed E-state index contributed by atoms with van der Waals surface area (Å²) in [7, 11) is 4.04. The van der Waals surface area contributed by atoms with Crippen LogP contribution in [-0.2, 0) is 0 Å². The first-order valence-corrected chi connectivity index (χ1v) is 10.4. The van der Waals surface area contributed by atoms with Gasteiger partial charge in [-0.1, -0.05) is 24.3 Å². The number of amides is 1. The molecule has 1 aromatic heterocycles. The molecule has 1 spiro atoms. The fourth-order valence-electron chi connectivity index (χ4n) is 5.12. The number of likely N-dealkylation sites (tertiary alicyclic amines) is 1. The Morgan fingerprint density at radius 1 is 1.07 bits per heavy atom. The van der Waals surface area contributed by atoms with E-state index in [9.17, 15) is 9.90 Å². The van der Waals surface area contributed by atoms with Gasteiger partial charge in [-0.15, -0.1) is 0 Å². The maximum atomic E-state index is 13.1. The molecule has 0 atom stereocenters. The topological polar surface area (TPSA) is 56.7 Å². The molecule has 2 fully saturated rings. The van der Waals surface area contributed by atoms with E-state index < -0.39 is 5.60 Å². The zero-order valence-corrected chi connectivity index (χ0v) is 17.0. The Kier molecular flexibility index (Phi) is 5.15. The number of aromatic nitrogens is 1. The van der Waals surface area contributed by atoms with Gasteiger partial charge in [0.25, 0.3) is 5.91 Å². The number of piperidine rings is 1. The summed E-state index contributed by atoms with van der Waals surface area (Å²) in [6.45, 7) is 2.31. The molecule has 1 N–H and O–H groups in total. The zero-order valence-electron chi connectivity index (χ0n) is 17.0. The molecule has 2 heterocycles. The highest BCUT2D eigenvalue weighted by atomic mass is 16.3. The molecule has 150 valence electrons. The van der Waals surface area contributed by atoms with E-state index in [0.717, 1.165) is 68.9 Å². The maximum absolute atomic E-state index is 13.1. The van der Waals surface area contributed by atoms with Crippen molar-refractivity contribution in [2.45, 2.75) is 44.1 Å². The first kappa shape index (κ1) is 19.3. The van der Waals surface area contributed by atoms with Crippen LogP contribution in [0, 0.1) is 5.41 Å². The molecule has 0 bridgehead atoms. The second kappa shape index (κ2) is 7.45. The Balaban J connectivity index is 1.41. The Bertz CT molecular complexity index is 841. The lowest BCUT2D eigenvalue weighted by Gasteiger charge is -2.48. The van der Waals surface area contributed by atoms with Gasteiger partial charge in [-0.25, -0.2) is 0 Å². The molecular weight excluding hydrogens is 350 g/mol. The highest BCUT2D eigenvalue weighted by Gasteiger charge is 2.44. The first-order valence-electron chi connectivity index (χ1n) is 10.4. The normalized spacial score (nSPS) is 21.4. The van der Waals surface area contributed by atoms with Gasteiger partial charge in [0.1, 0.15) is 5.69 Å². The van der Waals surface area contributed by atoms with Crippen molar-refractivity contribution in [3.8, 4) is 0 Å². The summed E-state index contributed by atoms with van der Waals surface area (Å²) in [4.78, 5) is 21.6. The Hall–Kier alpha value is -1.98. The molecule has 1 aliphatic carbocycles. The van der Waals surface area contributed by atoms with Gasteiger partial charge in [-0.3, -0.25) is 9.78 Å². The average molecular weight is 382 g/mol. The second-order valence-corrected chi connectivity index (χ2v) is 9.14. The minimum absolute atomic E-state index is 0.0478. The summed E-state index contributed by atoms with van der Waals surface area (Å²) < 4.78 is 0. The molecule has 1 aromatic carbocycles. The molecule has 0 radical (unpaired) electrons. The van der Waals surface area contributed by atoms with E-state index >= 15 is 0 Å².